The van der Waals surface area contributed by atoms with Crippen molar-refractivity contribution in [1.29, 1.82) is 0 Å². The summed E-state index contributed by atoms with van der Waals surface area (Å²) in [6.07, 6.45) is 1.60. The van der Waals surface area contributed by atoms with Crippen LogP contribution in [0.4, 0.5) is 0 Å². The molecule has 0 spiro atoms. The zero-order valence-electron chi connectivity index (χ0n) is 7.14. The molecule has 0 aliphatic heterocycles. The Hall–Kier alpha value is -1.91. The molecular formula is C8H9N4O+. The van der Waals surface area contributed by atoms with Crippen LogP contribution in [0.15, 0.2) is 30.6 Å². The molecule has 13 heavy (non-hydrogen) atoms. The van der Waals surface area contributed by atoms with Crippen molar-refractivity contribution in [2.24, 2.45) is 0 Å². The first-order valence-corrected chi connectivity index (χ1v) is 3.82. The highest BCUT2D eigenvalue weighted by molar-refractivity contribution is 5.30. The lowest BCUT2D eigenvalue weighted by molar-refractivity contribution is -0.660. The molecule has 0 unspecified atom stereocenters. The van der Waals surface area contributed by atoms with E-state index >= 15 is 0 Å². The maximum absolute atomic E-state index is 5.04. The van der Waals surface area contributed by atoms with Gasteiger partial charge in [0.2, 0.25) is 0 Å². The normalized spacial score (nSPS) is 9.92. The third-order valence-corrected chi connectivity index (χ3v) is 1.73. The topological polar surface area (TPSA) is 54.7 Å². The van der Waals surface area contributed by atoms with Crippen LogP contribution in [0.25, 0.3) is 5.69 Å². The highest BCUT2D eigenvalue weighted by atomic mass is 16.5. The van der Waals surface area contributed by atoms with E-state index in [0.29, 0.717) is 0 Å². The van der Waals surface area contributed by atoms with Crippen LogP contribution in [-0.2, 0) is 0 Å². The zero-order chi connectivity index (χ0) is 9.10. The Morgan fingerprint density at radius 2 is 2.08 bits per heavy atom. The highest BCUT2D eigenvalue weighted by Crippen LogP contribution is 2.10. The molecule has 1 aromatic carbocycles. The maximum Gasteiger partial charge on any atom is 0.293 e. The molecule has 0 atom stereocenters. The maximum atomic E-state index is 5.04. The number of hydrogen-bond donors (Lipinski definition) is 1. The lowest BCUT2D eigenvalue weighted by Crippen LogP contribution is -2.31. The van der Waals surface area contributed by atoms with Crippen LogP contribution < -0.4 is 9.42 Å². The van der Waals surface area contributed by atoms with Crippen LogP contribution in [-0.4, -0.2) is 22.6 Å². The van der Waals surface area contributed by atoms with E-state index in [-0.39, 0.29) is 0 Å². The smallest absolute Gasteiger partial charge is 0.293 e. The Morgan fingerprint density at radius 1 is 1.31 bits per heavy atom. The molecule has 0 fully saturated rings. The van der Waals surface area contributed by atoms with E-state index in [1.165, 1.54) is 0 Å². The predicted molar refractivity (Wildman–Crippen MR) is 44.5 cm³/mol. The SMILES string of the molecule is COc1ccc(-[n+]2cnn[nH]2)cc1. The molecule has 66 valence electrons. The molecule has 1 aromatic heterocycles. The van der Waals surface area contributed by atoms with E-state index in [4.69, 9.17) is 4.74 Å². The Kier molecular flexibility index (Phi) is 1.91. The molecule has 0 saturated carbocycles. The van der Waals surface area contributed by atoms with Crippen LogP contribution in [0.2, 0.25) is 0 Å². The summed E-state index contributed by atoms with van der Waals surface area (Å²) in [6.45, 7) is 0. The number of H-pyrrole nitrogens is 1. The van der Waals surface area contributed by atoms with E-state index in [1.54, 1.807) is 18.1 Å². The van der Waals surface area contributed by atoms with Crippen molar-refractivity contribution in [1.82, 2.24) is 15.5 Å². The molecular weight excluding hydrogens is 168 g/mol. The van der Waals surface area contributed by atoms with Crippen molar-refractivity contribution in [2.75, 3.05) is 7.11 Å². The fraction of sp³-hybridized carbons (Fsp3) is 0.125. The molecule has 5 heteroatoms. The Morgan fingerprint density at radius 3 is 2.62 bits per heavy atom. The van der Waals surface area contributed by atoms with Gasteiger partial charge in [-0.3, -0.25) is 0 Å². The second-order valence-corrected chi connectivity index (χ2v) is 2.50. The number of hydrogen-bond acceptors (Lipinski definition) is 3. The van der Waals surface area contributed by atoms with Crippen molar-refractivity contribution in [2.45, 2.75) is 0 Å². The molecule has 2 aromatic rings. The monoisotopic (exact) mass is 177 g/mol. The number of benzene rings is 1. The Labute approximate surface area is 75.0 Å². The van der Waals surface area contributed by atoms with Gasteiger partial charge in [-0.15, -0.1) is 4.68 Å². The minimum Gasteiger partial charge on any atom is -0.497 e. The molecule has 1 heterocycles. The van der Waals surface area contributed by atoms with E-state index in [1.807, 2.05) is 24.3 Å². The number of nitrogens with one attached hydrogen (secondary N) is 1. The van der Waals surface area contributed by atoms with Crippen LogP contribution in [0.5, 0.6) is 5.75 Å². The van der Waals surface area contributed by atoms with E-state index in [0.717, 1.165) is 11.4 Å². The first kappa shape index (κ1) is 7.72. The molecule has 0 bridgehead atoms. The van der Waals surface area contributed by atoms with E-state index in [2.05, 4.69) is 15.5 Å². The lowest BCUT2D eigenvalue weighted by Gasteiger charge is -1.98. The second kappa shape index (κ2) is 3.22. The third-order valence-electron chi connectivity index (χ3n) is 1.73. The van der Waals surface area contributed by atoms with Crippen LogP contribution in [0.3, 0.4) is 0 Å². The molecule has 0 aliphatic rings. The zero-order valence-corrected chi connectivity index (χ0v) is 7.14. The van der Waals surface area contributed by atoms with Gasteiger partial charge in [0, 0.05) is 0 Å². The minimum atomic E-state index is 0.830. The first-order chi connectivity index (χ1) is 6.40. The largest absolute Gasteiger partial charge is 0.497 e. The van der Waals surface area contributed by atoms with Gasteiger partial charge in [0.05, 0.1) is 7.11 Å². The summed E-state index contributed by atoms with van der Waals surface area (Å²) >= 11 is 0. The fourth-order valence-corrected chi connectivity index (χ4v) is 1.04. The molecule has 2 rings (SSSR count). The third kappa shape index (κ3) is 1.48. The Balaban J connectivity index is 2.33. The molecule has 0 radical (unpaired) electrons. The summed E-state index contributed by atoms with van der Waals surface area (Å²) < 4.78 is 6.74. The number of aromatic amines is 1. The molecule has 0 amide bonds. The van der Waals surface area contributed by atoms with E-state index < -0.39 is 0 Å². The van der Waals surface area contributed by atoms with Crippen molar-refractivity contribution < 1.29 is 9.42 Å². The van der Waals surface area contributed by atoms with Gasteiger partial charge in [-0.2, -0.15) is 0 Å². The summed E-state index contributed by atoms with van der Waals surface area (Å²) in [6, 6.07) is 7.59. The van der Waals surface area contributed by atoms with Crippen molar-refractivity contribution in [3.63, 3.8) is 0 Å². The van der Waals surface area contributed by atoms with Crippen LogP contribution >= 0.6 is 0 Å². The van der Waals surface area contributed by atoms with Crippen LogP contribution in [0, 0.1) is 0 Å². The van der Waals surface area contributed by atoms with Gasteiger partial charge in [0.15, 0.2) is 5.21 Å². The van der Waals surface area contributed by atoms with Gasteiger partial charge in [-0.05, 0) is 24.3 Å². The van der Waals surface area contributed by atoms with Gasteiger partial charge >= 0.3 is 0 Å². The molecule has 0 saturated heterocycles. The number of methoxy groups -OCH3 is 1. The predicted octanol–water partition coefficient (Wildman–Crippen LogP) is 0.0900. The van der Waals surface area contributed by atoms with Crippen molar-refractivity contribution in [3.8, 4) is 11.4 Å². The Bertz CT molecular complexity index is 368. The first-order valence-electron chi connectivity index (χ1n) is 3.82. The van der Waals surface area contributed by atoms with Crippen LogP contribution in [0.1, 0.15) is 0 Å². The average molecular weight is 177 g/mol. The standard InChI is InChI=1S/C8H8N4O/c1-13-8-4-2-7(3-5-8)12-6-9-10-11-12/h2-6H,1H3/p+1. The number of tetrazole rings is 1. The van der Waals surface area contributed by atoms with Gasteiger partial charge in [0.25, 0.3) is 6.33 Å². The second-order valence-electron chi connectivity index (χ2n) is 2.50. The number of ether oxygens (including phenoxy) is 1. The fourth-order valence-electron chi connectivity index (χ4n) is 1.04. The quantitative estimate of drug-likeness (QED) is 0.661. The lowest BCUT2D eigenvalue weighted by atomic mass is 10.3. The number of nitrogens with zero attached hydrogens (tertiary/aromatic N) is 3. The van der Waals surface area contributed by atoms with E-state index in [9.17, 15) is 0 Å². The summed E-state index contributed by atoms with van der Waals surface area (Å²) in [5, 5.41) is 9.97. The van der Waals surface area contributed by atoms with Crippen molar-refractivity contribution >= 4 is 0 Å². The minimum absolute atomic E-state index is 0.830. The summed E-state index contributed by atoms with van der Waals surface area (Å²) in [4.78, 5) is 0. The van der Waals surface area contributed by atoms with Gasteiger partial charge in [-0.25, -0.2) is 0 Å². The summed E-state index contributed by atoms with van der Waals surface area (Å²) in [5.74, 6) is 0.830. The summed E-state index contributed by atoms with van der Waals surface area (Å²) in [5.41, 5.74) is 0.964. The van der Waals surface area contributed by atoms with Gasteiger partial charge in [-0.1, -0.05) is 5.21 Å². The van der Waals surface area contributed by atoms with Gasteiger partial charge < -0.3 is 4.74 Å². The van der Waals surface area contributed by atoms with Gasteiger partial charge in [0.1, 0.15) is 16.5 Å². The highest BCUT2D eigenvalue weighted by Gasteiger charge is 2.02. The van der Waals surface area contributed by atoms with Crippen molar-refractivity contribution in [3.05, 3.63) is 30.6 Å². The number of aromatic nitrogens is 4. The molecule has 5 nitrogen and oxygen atoms in total. The molecule has 0 aliphatic carbocycles. The summed E-state index contributed by atoms with van der Waals surface area (Å²) in [7, 11) is 1.64. The average Bonchev–Trinajstić information content (AvgIpc) is 2.71. The number of rotatable bonds is 2. The molecule has 1 N–H and O–H groups in total.